The highest BCUT2D eigenvalue weighted by Crippen LogP contribution is 2.43. The normalized spacial score (nSPS) is 19.9. The molecule has 0 aliphatic heterocycles. The molecule has 1 unspecified atom stereocenters. The lowest BCUT2D eigenvalue weighted by Gasteiger charge is -2.21. The third-order valence-corrected chi connectivity index (χ3v) is 3.67. The molecular formula is C11H13BrN4. The van der Waals surface area contributed by atoms with Gasteiger partial charge >= 0.3 is 0 Å². The van der Waals surface area contributed by atoms with E-state index in [1.54, 1.807) is 6.20 Å². The molecule has 0 bridgehead atoms. The van der Waals surface area contributed by atoms with Crippen LogP contribution in [0.5, 0.6) is 0 Å². The summed E-state index contributed by atoms with van der Waals surface area (Å²) in [5.41, 5.74) is 7.62. The number of aromatic amines is 1. The highest BCUT2D eigenvalue weighted by atomic mass is 79.9. The molecule has 0 radical (unpaired) electrons. The number of fused-ring (bicyclic) bond motifs is 1. The summed E-state index contributed by atoms with van der Waals surface area (Å²) in [4.78, 5) is 12.0. The number of hydrogen-bond donors (Lipinski definition) is 2. The number of halogens is 1. The molecule has 1 atom stereocenters. The van der Waals surface area contributed by atoms with Crippen LogP contribution in [0.25, 0.3) is 11.2 Å². The van der Waals surface area contributed by atoms with Crippen molar-refractivity contribution in [3.05, 3.63) is 22.6 Å². The van der Waals surface area contributed by atoms with Crippen LogP contribution >= 0.6 is 15.9 Å². The largest absolute Gasteiger partial charge is 0.339 e. The number of nitrogens with one attached hydrogen (secondary N) is 1. The van der Waals surface area contributed by atoms with Crippen molar-refractivity contribution in [2.24, 2.45) is 11.7 Å². The van der Waals surface area contributed by atoms with Crippen molar-refractivity contribution in [1.29, 1.82) is 0 Å². The van der Waals surface area contributed by atoms with Crippen molar-refractivity contribution in [2.45, 2.75) is 25.3 Å². The van der Waals surface area contributed by atoms with Crippen LogP contribution in [0.15, 0.2) is 16.7 Å². The Morgan fingerprint density at radius 2 is 2.31 bits per heavy atom. The highest BCUT2D eigenvalue weighted by Gasteiger charge is 2.41. The molecule has 4 nitrogen and oxygen atoms in total. The van der Waals surface area contributed by atoms with Gasteiger partial charge in [0.1, 0.15) is 5.82 Å². The third kappa shape index (κ3) is 1.55. The number of hydrogen-bond acceptors (Lipinski definition) is 3. The maximum absolute atomic E-state index is 6.31. The summed E-state index contributed by atoms with van der Waals surface area (Å²) in [5, 5.41) is 0. The fourth-order valence-corrected chi connectivity index (χ4v) is 2.34. The molecule has 3 rings (SSSR count). The number of nitrogens with two attached hydrogens (primary N) is 1. The van der Waals surface area contributed by atoms with Gasteiger partial charge in [-0.05, 0) is 47.7 Å². The van der Waals surface area contributed by atoms with E-state index in [0.717, 1.165) is 21.5 Å². The summed E-state index contributed by atoms with van der Waals surface area (Å²) >= 11 is 3.39. The summed E-state index contributed by atoms with van der Waals surface area (Å²) < 4.78 is 0.945. The van der Waals surface area contributed by atoms with Gasteiger partial charge in [-0.2, -0.15) is 0 Å². The molecule has 0 amide bonds. The maximum Gasteiger partial charge on any atom is 0.177 e. The minimum absolute atomic E-state index is 0.354. The molecule has 2 heterocycles. The van der Waals surface area contributed by atoms with Crippen LogP contribution in [0.4, 0.5) is 0 Å². The molecule has 16 heavy (non-hydrogen) atoms. The molecule has 2 aromatic heterocycles. The van der Waals surface area contributed by atoms with Gasteiger partial charge < -0.3 is 10.7 Å². The van der Waals surface area contributed by atoms with E-state index in [9.17, 15) is 0 Å². The Bertz CT molecular complexity index is 542. The van der Waals surface area contributed by atoms with Gasteiger partial charge in [-0.1, -0.05) is 0 Å². The van der Waals surface area contributed by atoms with E-state index in [-0.39, 0.29) is 5.54 Å². The topological polar surface area (TPSA) is 67.6 Å². The van der Waals surface area contributed by atoms with E-state index in [4.69, 9.17) is 5.73 Å². The quantitative estimate of drug-likeness (QED) is 0.887. The van der Waals surface area contributed by atoms with E-state index in [0.29, 0.717) is 5.92 Å². The molecule has 5 heteroatoms. The first-order chi connectivity index (χ1) is 7.57. The van der Waals surface area contributed by atoms with E-state index in [2.05, 4.69) is 30.9 Å². The Hall–Kier alpha value is -0.940. The molecule has 84 valence electrons. The van der Waals surface area contributed by atoms with Crippen LogP contribution in [0, 0.1) is 5.92 Å². The fourth-order valence-electron chi connectivity index (χ4n) is 2.01. The number of nitrogens with zero attached hydrogens (tertiary/aromatic N) is 2. The molecule has 0 saturated heterocycles. The first-order valence-electron chi connectivity index (χ1n) is 5.38. The van der Waals surface area contributed by atoms with Crippen LogP contribution in [-0.4, -0.2) is 15.0 Å². The number of H-pyrrole nitrogens is 1. The molecule has 2 aromatic rings. The van der Waals surface area contributed by atoms with Gasteiger partial charge in [-0.25, -0.2) is 9.97 Å². The highest BCUT2D eigenvalue weighted by molar-refractivity contribution is 9.10. The molecule has 1 saturated carbocycles. The van der Waals surface area contributed by atoms with Gasteiger partial charge in [-0.15, -0.1) is 0 Å². The maximum atomic E-state index is 6.31. The zero-order chi connectivity index (χ0) is 11.3. The van der Waals surface area contributed by atoms with Crippen molar-refractivity contribution < 1.29 is 0 Å². The second kappa shape index (κ2) is 3.28. The van der Waals surface area contributed by atoms with Crippen molar-refractivity contribution in [1.82, 2.24) is 15.0 Å². The lowest BCUT2D eigenvalue weighted by Crippen LogP contribution is -2.36. The average Bonchev–Trinajstić information content (AvgIpc) is 2.99. The predicted octanol–water partition coefficient (Wildman–Crippen LogP) is 2.30. The minimum atomic E-state index is -0.354. The summed E-state index contributed by atoms with van der Waals surface area (Å²) in [6, 6.07) is 1.97. The fraction of sp³-hybridized carbons (Fsp3) is 0.455. The van der Waals surface area contributed by atoms with Crippen LogP contribution in [-0.2, 0) is 5.54 Å². The first-order valence-corrected chi connectivity index (χ1v) is 6.17. The van der Waals surface area contributed by atoms with Crippen LogP contribution in [0.2, 0.25) is 0 Å². The van der Waals surface area contributed by atoms with Gasteiger partial charge in [0.25, 0.3) is 0 Å². The first kappa shape index (κ1) is 10.2. The van der Waals surface area contributed by atoms with Gasteiger partial charge in [0, 0.05) is 10.7 Å². The molecule has 1 aliphatic carbocycles. The van der Waals surface area contributed by atoms with Gasteiger partial charge in [0.05, 0.1) is 11.1 Å². The Morgan fingerprint density at radius 1 is 1.56 bits per heavy atom. The zero-order valence-corrected chi connectivity index (χ0v) is 10.6. The van der Waals surface area contributed by atoms with Crippen molar-refractivity contribution >= 4 is 27.1 Å². The smallest absolute Gasteiger partial charge is 0.177 e. The summed E-state index contributed by atoms with van der Waals surface area (Å²) in [7, 11) is 0. The molecular weight excluding hydrogens is 268 g/mol. The Morgan fingerprint density at radius 3 is 3.00 bits per heavy atom. The lowest BCUT2D eigenvalue weighted by atomic mass is 9.97. The number of pyridine rings is 1. The monoisotopic (exact) mass is 280 g/mol. The Balaban J connectivity index is 2.11. The molecule has 0 spiro atoms. The van der Waals surface area contributed by atoms with E-state index >= 15 is 0 Å². The molecule has 1 fully saturated rings. The second-order valence-electron chi connectivity index (χ2n) is 4.67. The lowest BCUT2D eigenvalue weighted by molar-refractivity contribution is 0.405. The van der Waals surface area contributed by atoms with Crippen molar-refractivity contribution in [2.75, 3.05) is 0 Å². The van der Waals surface area contributed by atoms with E-state index < -0.39 is 0 Å². The van der Waals surface area contributed by atoms with Crippen molar-refractivity contribution in [3.63, 3.8) is 0 Å². The SMILES string of the molecule is CC(N)(c1nc2ncc(Br)cc2[nH]1)C1CC1. The van der Waals surface area contributed by atoms with E-state index in [1.807, 2.05) is 13.0 Å². The standard InChI is InChI=1S/C11H13BrN4/c1-11(13,6-2-3-6)10-15-8-4-7(12)5-14-9(8)16-10/h4-6H,2-3,13H2,1H3,(H,14,15,16). The van der Waals surface area contributed by atoms with Crippen LogP contribution < -0.4 is 5.73 Å². The Kier molecular flexibility index (Phi) is 2.09. The Labute approximate surface area is 102 Å². The predicted molar refractivity (Wildman–Crippen MR) is 65.9 cm³/mol. The number of imidazole rings is 1. The van der Waals surface area contributed by atoms with Crippen LogP contribution in [0.1, 0.15) is 25.6 Å². The van der Waals surface area contributed by atoms with Gasteiger partial charge in [0.15, 0.2) is 5.65 Å². The minimum Gasteiger partial charge on any atom is -0.339 e. The number of aromatic nitrogens is 3. The van der Waals surface area contributed by atoms with Crippen LogP contribution in [0.3, 0.4) is 0 Å². The average molecular weight is 281 g/mol. The summed E-state index contributed by atoms with van der Waals surface area (Å²) in [5.74, 6) is 1.40. The van der Waals surface area contributed by atoms with Crippen molar-refractivity contribution in [3.8, 4) is 0 Å². The zero-order valence-electron chi connectivity index (χ0n) is 9.00. The molecule has 1 aliphatic rings. The van der Waals surface area contributed by atoms with E-state index in [1.165, 1.54) is 12.8 Å². The van der Waals surface area contributed by atoms with Gasteiger partial charge in [0.2, 0.25) is 0 Å². The summed E-state index contributed by atoms with van der Waals surface area (Å²) in [6.45, 7) is 2.04. The molecule has 3 N–H and O–H groups in total. The summed E-state index contributed by atoms with van der Waals surface area (Å²) in [6.07, 6.45) is 4.14. The number of rotatable bonds is 2. The van der Waals surface area contributed by atoms with Gasteiger partial charge in [-0.3, -0.25) is 0 Å². The second-order valence-corrected chi connectivity index (χ2v) is 5.58. The third-order valence-electron chi connectivity index (χ3n) is 3.24. The molecule has 0 aromatic carbocycles.